The van der Waals surface area contributed by atoms with Crippen LogP contribution in [0.4, 0.5) is 5.69 Å². The zero-order valence-corrected chi connectivity index (χ0v) is 16.6. The highest BCUT2D eigenvalue weighted by atomic mass is 32.1. The van der Waals surface area contributed by atoms with Crippen LogP contribution in [0, 0.1) is 6.92 Å². The molecule has 3 rings (SSSR count). The van der Waals surface area contributed by atoms with Crippen molar-refractivity contribution in [3.8, 4) is 0 Å². The largest absolute Gasteiger partial charge is 0.465 e. The summed E-state index contributed by atoms with van der Waals surface area (Å²) in [5, 5.41) is 7.04. The topological polar surface area (TPSA) is 50.4 Å². The van der Waals surface area contributed by atoms with E-state index >= 15 is 0 Å². The molecule has 4 nitrogen and oxygen atoms in total. The minimum atomic E-state index is -0.385. The molecular formula is C23H22N2O2S. The van der Waals surface area contributed by atoms with Crippen LogP contribution >= 0.6 is 12.2 Å². The normalized spacial score (nSPS) is 11.4. The highest BCUT2D eigenvalue weighted by molar-refractivity contribution is 7.80. The van der Waals surface area contributed by atoms with E-state index < -0.39 is 0 Å². The monoisotopic (exact) mass is 390 g/mol. The molecule has 0 aliphatic heterocycles. The molecule has 0 aliphatic carbocycles. The number of benzene rings is 3. The number of methoxy groups -OCH3 is 1. The summed E-state index contributed by atoms with van der Waals surface area (Å²) in [6.45, 7) is 2.09. The molecule has 0 aliphatic rings. The van der Waals surface area contributed by atoms with Gasteiger partial charge in [-0.1, -0.05) is 60.7 Å². The molecule has 0 saturated heterocycles. The van der Waals surface area contributed by atoms with Gasteiger partial charge in [-0.25, -0.2) is 4.79 Å². The Balaban J connectivity index is 1.83. The first-order valence-corrected chi connectivity index (χ1v) is 9.35. The highest BCUT2D eigenvalue weighted by Gasteiger charge is 2.17. The van der Waals surface area contributed by atoms with E-state index in [1.807, 2.05) is 36.4 Å². The quantitative estimate of drug-likeness (QED) is 0.481. The maximum atomic E-state index is 11.7. The van der Waals surface area contributed by atoms with Gasteiger partial charge in [-0.3, -0.25) is 0 Å². The second-order valence-electron chi connectivity index (χ2n) is 6.37. The molecule has 0 fully saturated rings. The van der Waals surface area contributed by atoms with Gasteiger partial charge in [-0.05, 0) is 54.0 Å². The Kier molecular flexibility index (Phi) is 6.40. The van der Waals surface area contributed by atoms with Gasteiger partial charge in [0.05, 0.1) is 18.7 Å². The van der Waals surface area contributed by atoms with Crippen LogP contribution in [-0.2, 0) is 4.74 Å². The van der Waals surface area contributed by atoms with Crippen LogP contribution in [0.15, 0.2) is 78.9 Å². The number of carbonyl (C=O) groups excluding carboxylic acids is 1. The Morgan fingerprint density at radius 3 is 2.39 bits per heavy atom. The van der Waals surface area contributed by atoms with Crippen LogP contribution in [-0.4, -0.2) is 18.2 Å². The minimum absolute atomic E-state index is 0.0915. The molecule has 0 amide bonds. The van der Waals surface area contributed by atoms with Crippen LogP contribution in [0.1, 0.15) is 33.1 Å². The molecule has 142 valence electrons. The summed E-state index contributed by atoms with van der Waals surface area (Å²) < 4.78 is 4.77. The third-order valence-corrected chi connectivity index (χ3v) is 4.67. The second kappa shape index (κ2) is 9.15. The number of hydrogen-bond acceptors (Lipinski definition) is 3. The summed E-state index contributed by atoms with van der Waals surface area (Å²) >= 11 is 5.55. The van der Waals surface area contributed by atoms with Gasteiger partial charge in [0.25, 0.3) is 0 Å². The number of hydrogen-bond donors (Lipinski definition) is 2. The number of aryl methyl sites for hydroxylation is 1. The lowest BCUT2D eigenvalue weighted by atomic mass is 9.95. The van der Waals surface area contributed by atoms with Crippen molar-refractivity contribution in [1.29, 1.82) is 0 Å². The van der Waals surface area contributed by atoms with Gasteiger partial charge in [-0.15, -0.1) is 0 Å². The van der Waals surface area contributed by atoms with Crippen LogP contribution in [0.3, 0.4) is 0 Å². The van der Waals surface area contributed by atoms with E-state index in [0.29, 0.717) is 10.7 Å². The first-order valence-electron chi connectivity index (χ1n) is 8.95. The summed E-state index contributed by atoms with van der Waals surface area (Å²) in [6, 6.07) is 25.4. The van der Waals surface area contributed by atoms with E-state index in [2.05, 4.69) is 41.8 Å². The average molecular weight is 391 g/mol. The molecule has 3 aromatic rings. The fourth-order valence-electron chi connectivity index (χ4n) is 3.04. The number of carbonyl (C=O) groups is 1. The molecule has 3 aromatic carbocycles. The molecule has 0 unspecified atom stereocenters. The predicted octanol–water partition coefficient (Wildman–Crippen LogP) is 4.86. The number of anilines is 1. The molecule has 5 heteroatoms. The Labute approximate surface area is 170 Å². The first kappa shape index (κ1) is 19.6. The average Bonchev–Trinajstić information content (AvgIpc) is 2.73. The van der Waals surface area contributed by atoms with Crippen LogP contribution in [0.25, 0.3) is 0 Å². The lowest BCUT2D eigenvalue weighted by Gasteiger charge is -2.23. The van der Waals surface area contributed by atoms with Gasteiger partial charge in [0.2, 0.25) is 0 Å². The molecule has 0 radical (unpaired) electrons. The zero-order valence-electron chi connectivity index (χ0n) is 15.8. The van der Waals surface area contributed by atoms with Gasteiger partial charge in [0, 0.05) is 5.69 Å². The van der Waals surface area contributed by atoms with Gasteiger partial charge < -0.3 is 15.4 Å². The van der Waals surface area contributed by atoms with Crippen molar-refractivity contribution >= 4 is 29.0 Å². The van der Waals surface area contributed by atoms with Crippen LogP contribution in [0.5, 0.6) is 0 Å². The van der Waals surface area contributed by atoms with Crippen LogP contribution in [0.2, 0.25) is 0 Å². The second-order valence-corrected chi connectivity index (χ2v) is 6.78. The van der Waals surface area contributed by atoms with E-state index in [4.69, 9.17) is 17.0 Å². The Morgan fingerprint density at radius 1 is 0.964 bits per heavy atom. The summed E-state index contributed by atoms with van der Waals surface area (Å²) in [5.74, 6) is -0.385. The summed E-state index contributed by atoms with van der Waals surface area (Å²) in [6.07, 6.45) is 0. The van der Waals surface area contributed by atoms with Crippen molar-refractivity contribution in [2.45, 2.75) is 13.0 Å². The van der Waals surface area contributed by atoms with E-state index in [0.717, 1.165) is 16.8 Å². The lowest BCUT2D eigenvalue weighted by molar-refractivity contribution is 0.0601. The molecule has 2 N–H and O–H groups in total. The van der Waals surface area contributed by atoms with Crippen LogP contribution < -0.4 is 10.6 Å². The van der Waals surface area contributed by atoms with Crippen molar-refractivity contribution < 1.29 is 9.53 Å². The third-order valence-electron chi connectivity index (χ3n) is 4.45. The molecule has 0 saturated carbocycles. The van der Waals surface area contributed by atoms with E-state index in [-0.39, 0.29) is 12.0 Å². The summed E-state index contributed by atoms with van der Waals surface area (Å²) in [5.41, 5.74) is 4.63. The Hall–Kier alpha value is -3.18. The zero-order chi connectivity index (χ0) is 19.9. The number of ether oxygens (including phenoxy) is 1. The number of rotatable bonds is 5. The predicted molar refractivity (Wildman–Crippen MR) is 117 cm³/mol. The third kappa shape index (κ3) is 4.75. The Morgan fingerprint density at radius 2 is 1.68 bits per heavy atom. The maximum Gasteiger partial charge on any atom is 0.337 e. The molecule has 0 heterocycles. The molecule has 28 heavy (non-hydrogen) atoms. The van der Waals surface area contributed by atoms with Gasteiger partial charge in [-0.2, -0.15) is 0 Å². The molecular weight excluding hydrogens is 368 g/mol. The van der Waals surface area contributed by atoms with Crippen molar-refractivity contribution in [3.05, 3.63) is 101 Å². The lowest BCUT2D eigenvalue weighted by Crippen LogP contribution is -2.33. The minimum Gasteiger partial charge on any atom is -0.465 e. The van der Waals surface area contributed by atoms with Crippen molar-refractivity contribution in [3.63, 3.8) is 0 Å². The Bertz CT molecular complexity index is 973. The highest BCUT2D eigenvalue weighted by Crippen LogP contribution is 2.25. The van der Waals surface area contributed by atoms with Gasteiger partial charge in [0.1, 0.15) is 0 Å². The molecule has 1 atom stereocenters. The van der Waals surface area contributed by atoms with Gasteiger partial charge in [0.15, 0.2) is 5.11 Å². The summed E-state index contributed by atoms with van der Waals surface area (Å²) in [4.78, 5) is 11.7. The number of thiocarbonyl (C=S) groups is 1. The van der Waals surface area contributed by atoms with E-state index in [1.165, 1.54) is 12.7 Å². The fraction of sp³-hybridized carbons (Fsp3) is 0.130. The fourth-order valence-corrected chi connectivity index (χ4v) is 3.27. The SMILES string of the molecule is COC(=O)c1cccc(NC(=S)N[C@@H](c2ccccc2)c2ccccc2C)c1. The van der Waals surface area contributed by atoms with E-state index in [9.17, 15) is 4.79 Å². The standard InChI is InChI=1S/C23H22N2O2S/c1-16-9-6-7-14-20(16)21(17-10-4-3-5-11-17)25-23(28)24-19-13-8-12-18(15-19)22(26)27-2/h3-15,21H,1-2H3,(H2,24,25,28)/t21-/m0/s1. The molecule has 0 aromatic heterocycles. The van der Waals surface area contributed by atoms with Crippen molar-refractivity contribution in [1.82, 2.24) is 5.32 Å². The van der Waals surface area contributed by atoms with Crippen molar-refractivity contribution in [2.75, 3.05) is 12.4 Å². The smallest absolute Gasteiger partial charge is 0.337 e. The van der Waals surface area contributed by atoms with E-state index in [1.54, 1.807) is 18.2 Å². The number of esters is 1. The first-order chi connectivity index (χ1) is 13.6. The maximum absolute atomic E-state index is 11.7. The molecule has 0 bridgehead atoms. The van der Waals surface area contributed by atoms with Gasteiger partial charge >= 0.3 is 5.97 Å². The number of nitrogens with one attached hydrogen (secondary N) is 2. The summed E-state index contributed by atoms with van der Waals surface area (Å²) in [7, 11) is 1.36. The van der Waals surface area contributed by atoms with Crippen molar-refractivity contribution in [2.24, 2.45) is 0 Å². The molecule has 0 spiro atoms.